The summed E-state index contributed by atoms with van der Waals surface area (Å²) in [7, 11) is 1.60. The van der Waals surface area contributed by atoms with Crippen molar-refractivity contribution in [2.75, 3.05) is 20.3 Å². The lowest BCUT2D eigenvalue weighted by atomic mass is 10.1. The van der Waals surface area contributed by atoms with Crippen LogP contribution in [0.2, 0.25) is 0 Å². The Kier molecular flexibility index (Phi) is 7.04. The minimum Gasteiger partial charge on any atom is -0.396 e. The van der Waals surface area contributed by atoms with Gasteiger partial charge >= 0.3 is 6.03 Å². The second kappa shape index (κ2) is 8.55. The topological polar surface area (TPSA) is 70.6 Å². The Morgan fingerprint density at radius 3 is 2.45 bits per heavy atom. The highest BCUT2D eigenvalue weighted by Crippen LogP contribution is 2.12. The van der Waals surface area contributed by atoms with Gasteiger partial charge in [0.05, 0.1) is 12.6 Å². The van der Waals surface area contributed by atoms with Crippen LogP contribution >= 0.6 is 0 Å². The van der Waals surface area contributed by atoms with Crippen molar-refractivity contribution in [1.82, 2.24) is 10.6 Å². The van der Waals surface area contributed by atoms with Crippen molar-refractivity contribution in [2.45, 2.75) is 25.9 Å². The summed E-state index contributed by atoms with van der Waals surface area (Å²) >= 11 is 0. The second-order valence-corrected chi connectivity index (χ2v) is 4.98. The number of aliphatic hydroxyl groups is 1. The molecule has 112 valence electrons. The first kappa shape index (κ1) is 16.5. The predicted molar refractivity (Wildman–Crippen MR) is 78.4 cm³/mol. The zero-order chi connectivity index (χ0) is 15.0. The maximum atomic E-state index is 12.0. The average Bonchev–Trinajstić information content (AvgIpc) is 2.46. The van der Waals surface area contributed by atoms with Crippen LogP contribution in [0.25, 0.3) is 0 Å². The first-order chi connectivity index (χ1) is 9.58. The standard InChI is InChI=1S/C15H24N2O3/c1-11(9-18)12(2)16-15(19)17-14(10-20-3)13-7-5-4-6-8-13/h4-8,11-12,14,18H,9-10H2,1-3H3,(H2,16,17,19). The van der Waals surface area contributed by atoms with E-state index in [1.807, 2.05) is 44.2 Å². The fraction of sp³-hybridized carbons (Fsp3) is 0.533. The van der Waals surface area contributed by atoms with Crippen LogP contribution in [0.15, 0.2) is 30.3 Å². The number of benzene rings is 1. The van der Waals surface area contributed by atoms with Crippen molar-refractivity contribution in [3.63, 3.8) is 0 Å². The van der Waals surface area contributed by atoms with Crippen LogP contribution in [-0.2, 0) is 4.74 Å². The van der Waals surface area contributed by atoms with Crippen LogP contribution in [0, 0.1) is 5.92 Å². The molecule has 1 rings (SSSR count). The molecule has 0 saturated heterocycles. The highest BCUT2D eigenvalue weighted by molar-refractivity contribution is 5.74. The molecule has 0 aliphatic carbocycles. The molecule has 0 saturated carbocycles. The molecule has 0 aliphatic heterocycles. The number of nitrogens with one attached hydrogen (secondary N) is 2. The highest BCUT2D eigenvalue weighted by atomic mass is 16.5. The van der Waals surface area contributed by atoms with E-state index < -0.39 is 0 Å². The lowest BCUT2D eigenvalue weighted by molar-refractivity contribution is 0.163. The van der Waals surface area contributed by atoms with Crippen molar-refractivity contribution in [3.8, 4) is 0 Å². The molecular formula is C15H24N2O3. The van der Waals surface area contributed by atoms with Gasteiger partial charge in [-0.15, -0.1) is 0 Å². The molecule has 3 atom stereocenters. The van der Waals surface area contributed by atoms with Gasteiger partial charge in [0.2, 0.25) is 0 Å². The molecule has 0 spiro atoms. The molecule has 0 heterocycles. The van der Waals surface area contributed by atoms with E-state index in [1.165, 1.54) is 0 Å². The largest absolute Gasteiger partial charge is 0.396 e. The van der Waals surface area contributed by atoms with E-state index >= 15 is 0 Å². The fourth-order valence-electron chi connectivity index (χ4n) is 1.78. The zero-order valence-corrected chi connectivity index (χ0v) is 12.3. The summed E-state index contributed by atoms with van der Waals surface area (Å²) in [5.41, 5.74) is 0.993. The molecule has 5 nitrogen and oxygen atoms in total. The molecule has 20 heavy (non-hydrogen) atoms. The van der Waals surface area contributed by atoms with Gasteiger partial charge in [-0.2, -0.15) is 0 Å². The van der Waals surface area contributed by atoms with Crippen molar-refractivity contribution < 1.29 is 14.6 Å². The summed E-state index contributed by atoms with van der Waals surface area (Å²) in [6.45, 7) is 4.20. The molecule has 1 aromatic rings. The summed E-state index contributed by atoms with van der Waals surface area (Å²) in [5, 5.41) is 14.8. The maximum absolute atomic E-state index is 12.0. The molecule has 0 aliphatic rings. The van der Waals surface area contributed by atoms with Gasteiger partial charge in [-0.3, -0.25) is 0 Å². The third-order valence-electron chi connectivity index (χ3n) is 3.34. The second-order valence-electron chi connectivity index (χ2n) is 4.98. The lowest BCUT2D eigenvalue weighted by Crippen LogP contribution is -2.46. The summed E-state index contributed by atoms with van der Waals surface area (Å²) in [6, 6.07) is 9.12. The van der Waals surface area contributed by atoms with Gasteiger partial charge in [0.25, 0.3) is 0 Å². The number of carbonyl (C=O) groups is 1. The zero-order valence-electron chi connectivity index (χ0n) is 12.3. The van der Waals surface area contributed by atoms with E-state index in [1.54, 1.807) is 7.11 Å². The van der Waals surface area contributed by atoms with Gasteiger partial charge in [-0.25, -0.2) is 4.79 Å². The number of urea groups is 1. The summed E-state index contributed by atoms with van der Waals surface area (Å²) in [4.78, 5) is 12.0. The monoisotopic (exact) mass is 280 g/mol. The minimum atomic E-state index is -0.260. The third kappa shape index (κ3) is 5.19. The molecule has 1 aromatic carbocycles. The van der Waals surface area contributed by atoms with Gasteiger partial charge in [-0.1, -0.05) is 37.3 Å². The lowest BCUT2D eigenvalue weighted by Gasteiger charge is -2.23. The van der Waals surface area contributed by atoms with Crippen LogP contribution in [0.5, 0.6) is 0 Å². The number of carbonyl (C=O) groups excluding carboxylic acids is 1. The first-order valence-corrected chi connectivity index (χ1v) is 6.80. The molecule has 0 radical (unpaired) electrons. The molecular weight excluding hydrogens is 256 g/mol. The number of ether oxygens (including phenoxy) is 1. The van der Waals surface area contributed by atoms with Gasteiger partial charge in [-0.05, 0) is 18.4 Å². The Morgan fingerprint density at radius 1 is 1.25 bits per heavy atom. The number of hydrogen-bond donors (Lipinski definition) is 3. The Morgan fingerprint density at radius 2 is 1.90 bits per heavy atom. The van der Waals surface area contributed by atoms with E-state index in [2.05, 4.69) is 10.6 Å². The van der Waals surface area contributed by atoms with E-state index in [0.717, 1.165) is 5.56 Å². The van der Waals surface area contributed by atoms with Crippen molar-refractivity contribution in [2.24, 2.45) is 5.92 Å². The molecule has 5 heteroatoms. The van der Waals surface area contributed by atoms with Crippen molar-refractivity contribution in [1.29, 1.82) is 0 Å². The Balaban J connectivity index is 2.60. The van der Waals surface area contributed by atoms with Crippen LogP contribution in [0.4, 0.5) is 4.79 Å². The number of aliphatic hydroxyl groups excluding tert-OH is 1. The quantitative estimate of drug-likeness (QED) is 0.712. The number of rotatable bonds is 7. The maximum Gasteiger partial charge on any atom is 0.315 e. The fourth-order valence-corrected chi connectivity index (χ4v) is 1.78. The van der Waals surface area contributed by atoms with Gasteiger partial charge < -0.3 is 20.5 Å². The van der Waals surface area contributed by atoms with Crippen LogP contribution in [0.1, 0.15) is 25.5 Å². The molecule has 0 bridgehead atoms. The van der Waals surface area contributed by atoms with Gasteiger partial charge in [0, 0.05) is 19.8 Å². The number of hydrogen-bond acceptors (Lipinski definition) is 3. The number of amides is 2. The third-order valence-corrected chi connectivity index (χ3v) is 3.34. The van der Waals surface area contributed by atoms with E-state index in [4.69, 9.17) is 9.84 Å². The van der Waals surface area contributed by atoms with Crippen molar-refractivity contribution >= 4 is 6.03 Å². The molecule has 2 amide bonds. The normalized spacial score (nSPS) is 15.2. The Labute approximate surface area is 120 Å². The summed E-state index contributed by atoms with van der Waals surface area (Å²) < 4.78 is 5.15. The van der Waals surface area contributed by atoms with Gasteiger partial charge in [0.1, 0.15) is 0 Å². The summed E-state index contributed by atoms with van der Waals surface area (Å²) in [6.07, 6.45) is 0. The SMILES string of the molecule is COCC(NC(=O)NC(C)C(C)CO)c1ccccc1. The molecule has 3 N–H and O–H groups in total. The molecule has 3 unspecified atom stereocenters. The van der Waals surface area contributed by atoms with Crippen molar-refractivity contribution in [3.05, 3.63) is 35.9 Å². The number of methoxy groups -OCH3 is 1. The Hall–Kier alpha value is -1.59. The summed E-state index contributed by atoms with van der Waals surface area (Å²) in [5.74, 6) is 0.0124. The van der Waals surface area contributed by atoms with E-state index in [9.17, 15) is 4.79 Å². The van der Waals surface area contributed by atoms with E-state index in [-0.39, 0.29) is 30.6 Å². The van der Waals surface area contributed by atoms with Crippen LogP contribution in [0.3, 0.4) is 0 Å². The average molecular weight is 280 g/mol. The molecule has 0 aromatic heterocycles. The van der Waals surface area contributed by atoms with Crippen LogP contribution < -0.4 is 10.6 Å². The van der Waals surface area contributed by atoms with Gasteiger partial charge in [0.15, 0.2) is 0 Å². The van der Waals surface area contributed by atoms with E-state index in [0.29, 0.717) is 6.61 Å². The predicted octanol–water partition coefficient (Wildman–Crippen LogP) is 1.69. The first-order valence-electron chi connectivity index (χ1n) is 6.80. The highest BCUT2D eigenvalue weighted by Gasteiger charge is 2.17. The smallest absolute Gasteiger partial charge is 0.315 e. The minimum absolute atomic E-state index is 0.0124. The Bertz CT molecular complexity index is 397. The molecule has 0 fully saturated rings. The van der Waals surface area contributed by atoms with Crippen LogP contribution in [-0.4, -0.2) is 37.5 Å².